The fourth-order valence-electron chi connectivity index (χ4n) is 1.09. The van der Waals surface area contributed by atoms with Crippen molar-refractivity contribution in [3.63, 3.8) is 0 Å². The van der Waals surface area contributed by atoms with Crippen molar-refractivity contribution in [1.29, 1.82) is 0 Å². The van der Waals surface area contributed by atoms with E-state index in [9.17, 15) is 0 Å². The molecule has 0 spiro atoms. The molecular weight excluding hydrogens is 86.1 g/mol. The van der Waals surface area contributed by atoms with Crippen LogP contribution in [0.4, 0.5) is 0 Å². The van der Waals surface area contributed by atoms with Crippen molar-refractivity contribution in [2.75, 3.05) is 6.54 Å². The number of hydrogen-bond acceptors (Lipinski definition) is 0. The highest BCUT2D eigenvalue weighted by Gasteiger charge is 2.14. The molecule has 1 fully saturated rings. The highest BCUT2D eigenvalue weighted by atomic mass is 15.1. The second-order valence-corrected chi connectivity index (χ2v) is 2.45. The van der Waals surface area contributed by atoms with Gasteiger partial charge in [0, 0.05) is 6.42 Å². The van der Waals surface area contributed by atoms with Gasteiger partial charge in [-0.15, -0.1) is 0 Å². The molecule has 1 aliphatic rings. The number of hydrogen-bond donors (Lipinski definition) is 1. The molecule has 1 heterocycles. The molecular formula is C6H13N. The van der Waals surface area contributed by atoms with Crippen LogP contribution in [-0.2, 0) is 0 Å². The van der Waals surface area contributed by atoms with E-state index in [1.54, 1.807) is 0 Å². The number of nitrogens with one attached hydrogen (secondary N) is 1. The molecule has 1 rings (SSSR count). The third-order valence-corrected chi connectivity index (χ3v) is 1.83. The molecule has 0 bridgehead atoms. The Morgan fingerprint density at radius 2 is 2.43 bits per heavy atom. The molecule has 7 heavy (non-hydrogen) atoms. The van der Waals surface area contributed by atoms with Crippen LogP contribution in [0.25, 0.3) is 0 Å². The molecule has 0 aromatic carbocycles. The molecule has 0 aromatic rings. The summed E-state index contributed by atoms with van der Waals surface area (Å²) in [5.74, 6) is 0. The second kappa shape index (κ2) is 1.83. The Labute approximate surface area is 45.3 Å². The standard InChI is InChI=1S/C6H13N/c1-6-4-3-5-7(6)2/h6-7H,2-5H2,1H3. The molecule has 1 nitrogen and oxygen atoms in total. The van der Waals surface area contributed by atoms with Gasteiger partial charge in [0.15, 0.2) is 0 Å². The highest BCUT2D eigenvalue weighted by molar-refractivity contribution is 4.54. The molecule has 1 heteroatoms. The first-order valence-electron chi connectivity index (χ1n) is 2.98. The van der Waals surface area contributed by atoms with Gasteiger partial charge >= 0.3 is 0 Å². The number of likely N-dealkylation sites (tertiary alicyclic amines) is 1. The second-order valence-electron chi connectivity index (χ2n) is 2.45. The van der Waals surface area contributed by atoms with Crippen LogP contribution in [0.15, 0.2) is 0 Å². The lowest BCUT2D eigenvalue weighted by Crippen LogP contribution is -3.08. The maximum atomic E-state index is 3.94. The van der Waals surface area contributed by atoms with Gasteiger partial charge < -0.3 is 4.90 Å². The fraction of sp³-hybridized carbons (Fsp3) is 0.833. The first-order valence-corrected chi connectivity index (χ1v) is 2.98. The normalized spacial score (nSPS) is 42.0. The minimum atomic E-state index is 0.819. The van der Waals surface area contributed by atoms with Crippen LogP contribution in [0.5, 0.6) is 0 Å². The summed E-state index contributed by atoms with van der Waals surface area (Å²) in [5, 5.41) is 0. The predicted octanol–water partition coefficient (Wildman–Crippen LogP) is -0.155. The van der Waals surface area contributed by atoms with Crippen LogP contribution >= 0.6 is 0 Å². The lowest BCUT2D eigenvalue weighted by molar-refractivity contribution is -0.864. The lowest BCUT2D eigenvalue weighted by atomic mass is 10.3. The van der Waals surface area contributed by atoms with Crippen molar-refractivity contribution in [1.82, 2.24) is 0 Å². The summed E-state index contributed by atoms with van der Waals surface area (Å²) in [6.45, 7) is 3.54. The Kier molecular flexibility index (Phi) is 1.33. The molecule has 2 atom stereocenters. The topological polar surface area (TPSA) is 4.44 Å². The smallest absolute Gasteiger partial charge is 0.0608 e. The van der Waals surface area contributed by atoms with E-state index in [2.05, 4.69) is 14.0 Å². The maximum absolute atomic E-state index is 3.94. The van der Waals surface area contributed by atoms with E-state index in [0.717, 1.165) is 6.04 Å². The van der Waals surface area contributed by atoms with E-state index in [4.69, 9.17) is 0 Å². The third-order valence-electron chi connectivity index (χ3n) is 1.83. The zero-order chi connectivity index (χ0) is 5.28. The molecule has 0 aromatic heterocycles. The van der Waals surface area contributed by atoms with Gasteiger partial charge in [-0.25, -0.2) is 0 Å². The summed E-state index contributed by atoms with van der Waals surface area (Å²) in [7, 11) is 3.94. The number of quaternary nitrogens is 1. The average molecular weight is 99.2 g/mol. The molecule has 1 N–H and O–H groups in total. The van der Waals surface area contributed by atoms with E-state index < -0.39 is 0 Å². The Balaban J connectivity index is 2.33. The van der Waals surface area contributed by atoms with Crippen molar-refractivity contribution in [2.45, 2.75) is 25.8 Å². The molecule has 0 saturated carbocycles. The molecule has 1 aliphatic heterocycles. The first-order chi connectivity index (χ1) is 3.30. The molecule has 2 unspecified atom stereocenters. The maximum Gasteiger partial charge on any atom is 0.0608 e. The van der Waals surface area contributed by atoms with E-state index in [1.165, 1.54) is 24.3 Å². The summed E-state index contributed by atoms with van der Waals surface area (Å²) in [6.07, 6.45) is 2.75. The lowest BCUT2D eigenvalue weighted by Gasteiger charge is -2.18. The Bertz CT molecular complexity index is 53.2. The van der Waals surface area contributed by atoms with Crippen LogP contribution in [0.3, 0.4) is 0 Å². The third kappa shape index (κ3) is 0.942. The van der Waals surface area contributed by atoms with Crippen molar-refractivity contribution in [3.05, 3.63) is 7.05 Å². The first kappa shape index (κ1) is 5.10. The average Bonchev–Trinajstić information content (AvgIpc) is 1.91. The van der Waals surface area contributed by atoms with Crippen molar-refractivity contribution >= 4 is 0 Å². The van der Waals surface area contributed by atoms with Gasteiger partial charge in [-0.3, -0.25) is 0 Å². The van der Waals surface area contributed by atoms with Crippen molar-refractivity contribution < 1.29 is 4.90 Å². The Morgan fingerprint density at radius 1 is 1.71 bits per heavy atom. The van der Waals surface area contributed by atoms with Crippen molar-refractivity contribution in [3.8, 4) is 0 Å². The van der Waals surface area contributed by atoms with E-state index in [0.29, 0.717) is 0 Å². The van der Waals surface area contributed by atoms with Gasteiger partial charge in [0.05, 0.1) is 12.6 Å². The van der Waals surface area contributed by atoms with E-state index in [1.807, 2.05) is 0 Å². The summed E-state index contributed by atoms with van der Waals surface area (Å²) in [4.78, 5) is 1.46. The summed E-state index contributed by atoms with van der Waals surface area (Å²) >= 11 is 0. The summed E-state index contributed by atoms with van der Waals surface area (Å²) < 4.78 is 0. The Hall–Kier alpha value is -0.0400. The van der Waals surface area contributed by atoms with Gasteiger partial charge in [0.2, 0.25) is 0 Å². The highest BCUT2D eigenvalue weighted by Crippen LogP contribution is 1.96. The van der Waals surface area contributed by atoms with Crippen LogP contribution in [0.1, 0.15) is 19.8 Å². The zero-order valence-corrected chi connectivity index (χ0v) is 4.91. The monoisotopic (exact) mass is 99.1 g/mol. The zero-order valence-electron chi connectivity index (χ0n) is 4.91. The van der Waals surface area contributed by atoms with Crippen LogP contribution < -0.4 is 4.90 Å². The SMILES string of the molecule is [CH2-][NH+]1CCCC1C. The summed E-state index contributed by atoms with van der Waals surface area (Å²) in [6, 6.07) is 0.819. The molecule has 0 aliphatic carbocycles. The van der Waals surface area contributed by atoms with Gasteiger partial charge in [0.1, 0.15) is 0 Å². The van der Waals surface area contributed by atoms with E-state index >= 15 is 0 Å². The minimum absolute atomic E-state index is 0.819. The van der Waals surface area contributed by atoms with Gasteiger partial charge in [0.25, 0.3) is 0 Å². The van der Waals surface area contributed by atoms with E-state index in [-0.39, 0.29) is 0 Å². The Morgan fingerprint density at radius 3 is 2.57 bits per heavy atom. The largest absolute Gasteiger partial charge is 0.466 e. The molecule has 0 radical (unpaired) electrons. The quantitative estimate of drug-likeness (QED) is 0.403. The molecule has 1 saturated heterocycles. The summed E-state index contributed by atoms with van der Waals surface area (Å²) in [5.41, 5.74) is 0. The molecule has 42 valence electrons. The minimum Gasteiger partial charge on any atom is -0.466 e. The van der Waals surface area contributed by atoms with Crippen LogP contribution in [0, 0.1) is 7.05 Å². The molecule has 0 amide bonds. The van der Waals surface area contributed by atoms with Gasteiger partial charge in [-0.1, -0.05) is 0 Å². The number of rotatable bonds is 0. The van der Waals surface area contributed by atoms with Crippen LogP contribution in [-0.4, -0.2) is 12.6 Å². The van der Waals surface area contributed by atoms with Gasteiger partial charge in [-0.05, 0) is 13.3 Å². The van der Waals surface area contributed by atoms with Crippen LogP contribution in [0.2, 0.25) is 0 Å². The van der Waals surface area contributed by atoms with Crippen molar-refractivity contribution in [2.24, 2.45) is 0 Å². The van der Waals surface area contributed by atoms with Gasteiger partial charge in [-0.2, -0.15) is 7.05 Å². The fourth-order valence-corrected chi connectivity index (χ4v) is 1.09. The predicted molar refractivity (Wildman–Crippen MR) is 29.9 cm³/mol.